The summed E-state index contributed by atoms with van der Waals surface area (Å²) in [4.78, 5) is 13.0. The first-order valence-corrected chi connectivity index (χ1v) is 13.8. The normalized spacial score (nSPS) is 35.9. The maximum absolute atomic E-state index is 13.0. The van der Waals surface area contributed by atoms with E-state index in [2.05, 4.69) is 0 Å². The van der Waals surface area contributed by atoms with Gasteiger partial charge in [0.15, 0.2) is 12.1 Å². The van der Waals surface area contributed by atoms with Gasteiger partial charge in [-0.25, -0.2) is 0 Å². The van der Waals surface area contributed by atoms with Gasteiger partial charge >= 0.3 is 0 Å². The minimum Gasteiger partial charge on any atom is -0.496 e. The molecular weight excluding hydrogens is 572 g/mol. The molecule has 0 saturated carbocycles. The van der Waals surface area contributed by atoms with Crippen molar-refractivity contribution in [2.75, 3.05) is 20.8 Å². The Kier molecular flexibility index (Phi) is 9.41. The number of carbonyl (C=O) groups excluding carboxylic acids is 1. The van der Waals surface area contributed by atoms with Crippen LogP contribution < -0.4 is 18.9 Å². The number of aliphatic hydroxyl groups is 6. The molecule has 236 valence electrons. The van der Waals surface area contributed by atoms with Crippen LogP contribution in [0.1, 0.15) is 35.4 Å². The van der Waals surface area contributed by atoms with Gasteiger partial charge in [0.1, 0.15) is 77.4 Å². The number of benzene rings is 2. The van der Waals surface area contributed by atoms with E-state index in [4.69, 9.17) is 33.2 Å². The Labute approximate surface area is 246 Å². The molecule has 2 aromatic carbocycles. The number of aliphatic hydroxyl groups excluding tert-OH is 6. The topological polar surface area (TPSA) is 203 Å². The monoisotopic (exact) mass is 608 g/mol. The van der Waals surface area contributed by atoms with Crippen LogP contribution in [-0.2, 0) is 14.2 Å². The van der Waals surface area contributed by atoms with E-state index in [1.807, 2.05) is 0 Å². The van der Waals surface area contributed by atoms with Gasteiger partial charge in [-0.1, -0.05) is 12.1 Å². The molecule has 43 heavy (non-hydrogen) atoms. The van der Waals surface area contributed by atoms with Crippen LogP contribution in [0.2, 0.25) is 0 Å². The van der Waals surface area contributed by atoms with E-state index in [0.29, 0.717) is 28.4 Å². The number of hydrogen-bond acceptors (Lipinski definition) is 14. The Balaban J connectivity index is 1.25. The summed E-state index contributed by atoms with van der Waals surface area (Å²) in [6, 6.07) is 9.74. The smallest absolute Gasteiger partial charge is 0.229 e. The molecule has 5 rings (SSSR count). The zero-order valence-corrected chi connectivity index (χ0v) is 23.7. The summed E-state index contributed by atoms with van der Waals surface area (Å²) in [5, 5.41) is 61.7. The van der Waals surface area contributed by atoms with Gasteiger partial charge in [0, 0.05) is 12.1 Å². The van der Waals surface area contributed by atoms with Crippen LogP contribution in [0, 0.1) is 0 Å². The molecule has 0 amide bonds. The van der Waals surface area contributed by atoms with Crippen molar-refractivity contribution in [1.29, 1.82) is 0 Å². The molecule has 3 aliphatic rings. The minimum atomic E-state index is -1.66. The number of methoxy groups -OCH3 is 2. The molecule has 3 heterocycles. The lowest BCUT2D eigenvalue weighted by Gasteiger charge is -2.45. The third-order valence-corrected chi connectivity index (χ3v) is 7.84. The molecule has 6 N–H and O–H groups in total. The molecule has 0 aliphatic carbocycles. The highest BCUT2D eigenvalue weighted by molar-refractivity contribution is 6.02. The second-order valence-electron chi connectivity index (χ2n) is 10.6. The largest absolute Gasteiger partial charge is 0.496 e. The van der Waals surface area contributed by atoms with Gasteiger partial charge in [0.05, 0.1) is 33.4 Å². The second kappa shape index (κ2) is 12.9. The van der Waals surface area contributed by atoms with E-state index in [1.54, 1.807) is 36.4 Å². The van der Waals surface area contributed by atoms with Crippen molar-refractivity contribution in [3.05, 3.63) is 47.5 Å². The van der Waals surface area contributed by atoms with Gasteiger partial charge in [-0.15, -0.1) is 0 Å². The van der Waals surface area contributed by atoms with Gasteiger partial charge in [-0.3, -0.25) is 4.79 Å². The van der Waals surface area contributed by atoms with Gasteiger partial charge in [-0.2, -0.15) is 0 Å². The fourth-order valence-electron chi connectivity index (χ4n) is 5.36. The predicted octanol–water partition coefficient (Wildman–Crippen LogP) is -0.559. The van der Waals surface area contributed by atoms with E-state index < -0.39 is 74.1 Å². The van der Waals surface area contributed by atoms with Crippen molar-refractivity contribution >= 4 is 5.78 Å². The molecule has 0 bridgehead atoms. The number of Topliss-reactive ketones (excluding diaryl/α,β-unsaturated/α-hetero) is 1. The Morgan fingerprint density at radius 3 is 2.19 bits per heavy atom. The zero-order valence-electron chi connectivity index (χ0n) is 23.7. The summed E-state index contributed by atoms with van der Waals surface area (Å²) in [6.07, 6.45) is -14.8. The number of ketones is 1. The highest BCUT2D eigenvalue weighted by Crippen LogP contribution is 2.42. The molecule has 0 radical (unpaired) electrons. The molecule has 0 unspecified atom stereocenters. The van der Waals surface area contributed by atoms with Crippen LogP contribution >= 0.6 is 0 Å². The van der Waals surface area contributed by atoms with Crippen LogP contribution in [0.25, 0.3) is 0 Å². The number of carbonyl (C=O) groups is 1. The van der Waals surface area contributed by atoms with Crippen molar-refractivity contribution < 1.29 is 68.6 Å². The third kappa shape index (κ3) is 6.16. The lowest BCUT2D eigenvalue weighted by Crippen LogP contribution is -2.64. The van der Waals surface area contributed by atoms with Gasteiger partial charge in [0.2, 0.25) is 6.29 Å². The fraction of sp³-hybridized carbons (Fsp3) is 0.552. The van der Waals surface area contributed by atoms with Gasteiger partial charge < -0.3 is 63.8 Å². The van der Waals surface area contributed by atoms with Crippen molar-refractivity contribution in [3.8, 4) is 23.0 Å². The molecule has 0 aromatic heterocycles. The van der Waals surface area contributed by atoms with Crippen molar-refractivity contribution in [3.63, 3.8) is 0 Å². The quantitative estimate of drug-likeness (QED) is 0.223. The number of ether oxygens (including phenoxy) is 7. The minimum absolute atomic E-state index is 0.0697. The van der Waals surface area contributed by atoms with E-state index in [9.17, 15) is 35.4 Å². The van der Waals surface area contributed by atoms with E-state index >= 15 is 0 Å². The first-order chi connectivity index (χ1) is 20.6. The fourth-order valence-corrected chi connectivity index (χ4v) is 5.36. The SMILES string of the molecule is COc1cc(OC)c2c(c1)O[C@H](c1ccc(O[C@@H]3O[C@H](CO)[C@@H](O[C@@H]4O[C@@H](C)[C@H](O)[C@@H](O)[C@@H]4O)[C@@H](O)[C@@H]3O)cc1)CC2=O. The summed E-state index contributed by atoms with van der Waals surface area (Å²) < 4.78 is 39.2. The summed E-state index contributed by atoms with van der Waals surface area (Å²) in [6.45, 7) is 0.809. The average molecular weight is 609 g/mol. The van der Waals surface area contributed by atoms with Crippen LogP contribution in [0.15, 0.2) is 36.4 Å². The zero-order chi connectivity index (χ0) is 31.0. The van der Waals surface area contributed by atoms with Crippen LogP contribution in [0.5, 0.6) is 23.0 Å². The van der Waals surface area contributed by atoms with Gasteiger partial charge in [-0.05, 0) is 24.6 Å². The predicted molar refractivity (Wildman–Crippen MR) is 144 cm³/mol. The van der Waals surface area contributed by atoms with Gasteiger partial charge in [0.25, 0.3) is 0 Å². The number of fused-ring (bicyclic) bond motifs is 1. The molecule has 3 aliphatic heterocycles. The molecule has 14 heteroatoms. The van der Waals surface area contributed by atoms with Crippen LogP contribution in [0.3, 0.4) is 0 Å². The van der Waals surface area contributed by atoms with E-state index in [0.717, 1.165) is 0 Å². The Hall–Kier alpha value is -3.05. The summed E-state index contributed by atoms with van der Waals surface area (Å²) in [7, 11) is 2.96. The highest BCUT2D eigenvalue weighted by atomic mass is 16.7. The Morgan fingerprint density at radius 2 is 1.53 bits per heavy atom. The van der Waals surface area contributed by atoms with E-state index in [1.165, 1.54) is 21.1 Å². The highest BCUT2D eigenvalue weighted by Gasteiger charge is 2.50. The van der Waals surface area contributed by atoms with Crippen molar-refractivity contribution in [2.45, 2.75) is 80.9 Å². The molecule has 0 spiro atoms. The Morgan fingerprint density at radius 1 is 0.837 bits per heavy atom. The lowest BCUT2D eigenvalue weighted by molar-refractivity contribution is -0.349. The maximum atomic E-state index is 13.0. The van der Waals surface area contributed by atoms with Crippen molar-refractivity contribution in [1.82, 2.24) is 0 Å². The molecule has 2 fully saturated rings. The molecule has 2 aromatic rings. The first-order valence-electron chi connectivity index (χ1n) is 13.8. The van der Waals surface area contributed by atoms with Crippen LogP contribution in [0.4, 0.5) is 0 Å². The summed E-state index contributed by atoms with van der Waals surface area (Å²) in [5.74, 6) is 1.26. The second-order valence-corrected chi connectivity index (χ2v) is 10.6. The maximum Gasteiger partial charge on any atom is 0.229 e. The first kappa shape index (κ1) is 31.4. The Bertz CT molecular complexity index is 1270. The van der Waals surface area contributed by atoms with Crippen LogP contribution in [-0.4, -0.2) is 119 Å². The number of hydrogen-bond donors (Lipinski definition) is 6. The standard InChI is InChI=1S/C29H36O14/c1-12-22(32)23(33)25(35)28(39-12)43-27-20(11-30)42-29(26(36)24(27)34)40-14-6-4-13(5-7-14)17-10-16(31)21-18(38-3)8-15(37-2)9-19(21)41-17/h4-9,12,17,20,22-30,32-36H,10-11H2,1-3H3/t12-,17-,20+,22-,23+,24-,25-,26-,27+,28-,29+/m0/s1. The molecule has 14 nitrogen and oxygen atoms in total. The lowest BCUT2D eigenvalue weighted by atomic mass is 9.95. The average Bonchev–Trinajstić information content (AvgIpc) is 3.01. The summed E-state index contributed by atoms with van der Waals surface area (Å²) in [5.41, 5.74) is 1.02. The summed E-state index contributed by atoms with van der Waals surface area (Å²) >= 11 is 0. The molecule has 2 saturated heterocycles. The molecule has 11 atom stereocenters. The van der Waals surface area contributed by atoms with E-state index in [-0.39, 0.29) is 18.0 Å². The third-order valence-electron chi connectivity index (χ3n) is 7.84. The van der Waals surface area contributed by atoms with Crippen molar-refractivity contribution in [2.24, 2.45) is 0 Å². The molecular formula is C29H36O14. The number of rotatable bonds is 8.